The number of hydrogen-bond donors (Lipinski definition) is 2. The summed E-state index contributed by atoms with van der Waals surface area (Å²) in [7, 11) is 0. The molecule has 1 rings (SSSR count). The van der Waals surface area contributed by atoms with Gasteiger partial charge in [0.15, 0.2) is 0 Å². The normalized spacial score (nSPS) is 12.5. The van der Waals surface area contributed by atoms with Crippen LogP contribution in [0.25, 0.3) is 0 Å². The second-order valence-electron chi connectivity index (χ2n) is 4.54. The topological polar surface area (TPSA) is 50.9 Å². The summed E-state index contributed by atoms with van der Waals surface area (Å²) in [4.78, 5) is 4.32. The zero-order chi connectivity index (χ0) is 12.8. The van der Waals surface area contributed by atoms with Crippen LogP contribution in [0.15, 0.2) is 10.7 Å². The summed E-state index contributed by atoms with van der Waals surface area (Å²) in [5.41, 5.74) is 7.57. The standard InChI is InChI=1S/C13H22BrN3/c1-4-5-6-7-9(2)17-13-12(14)10(3)11(15)8-16-13/h8-9H,4-7,15H2,1-3H3,(H,16,17). The van der Waals surface area contributed by atoms with Gasteiger partial charge in [-0.1, -0.05) is 26.2 Å². The van der Waals surface area contributed by atoms with Crippen molar-refractivity contribution in [2.24, 2.45) is 0 Å². The number of unbranched alkanes of at least 4 members (excludes halogenated alkanes) is 2. The third-order valence-corrected chi connectivity index (χ3v) is 3.90. The maximum absolute atomic E-state index is 5.80. The minimum absolute atomic E-state index is 0.438. The molecule has 0 fully saturated rings. The number of aromatic nitrogens is 1. The van der Waals surface area contributed by atoms with E-state index in [9.17, 15) is 0 Å². The molecule has 1 unspecified atom stereocenters. The average molecular weight is 300 g/mol. The molecule has 0 spiro atoms. The molecule has 4 heteroatoms. The molecule has 0 saturated carbocycles. The predicted octanol–water partition coefficient (Wildman–Crippen LogP) is 4.12. The van der Waals surface area contributed by atoms with Gasteiger partial charge in [0.05, 0.1) is 16.4 Å². The minimum atomic E-state index is 0.438. The van der Waals surface area contributed by atoms with E-state index < -0.39 is 0 Å². The third-order valence-electron chi connectivity index (χ3n) is 2.93. The van der Waals surface area contributed by atoms with Crippen LogP contribution in [0.3, 0.4) is 0 Å². The minimum Gasteiger partial charge on any atom is -0.397 e. The molecule has 0 amide bonds. The highest BCUT2D eigenvalue weighted by Gasteiger charge is 2.09. The van der Waals surface area contributed by atoms with Crippen LogP contribution in [-0.2, 0) is 0 Å². The lowest BCUT2D eigenvalue weighted by atomic mass is 10.1. The van der Waals surface area contributed by atoms with E-state index in [0.29, 0.717) is 6.04 Å². The number of pyridine rings is 1. The van der Waals surface area contributed by atoms with E-state index in [1.54, 1.807) is 6.20 Å². The van der Waals surface area contributed by atoms with Crippen LogP contribution in [-0.4, -0.2) is 11.0 Å². The Kier molecular flexibility index (Phi) is 5.75. The van der Waals surface area contributed by atoms with Crippen LogP contribution >= 0.6 is 15.9 Å². The van der Waals surface area contributed by atoms with Crippen molar-refractivity contribution in [3.63, 3.8) is 0 Å². The van der Waals surface area contributed by atoms with E-state index in [4.69, 9.17) is 5.73 Å². The van der Waals surface area contributed by atoms with Crippen molar-refractivity contribution in [3.05, 3.63) is 16.2 Å². The first-order valence-corrected chi connectivity index (χ1v) is 7.02. The average Bonchev–Trinajstić information content (AvgIpc) is 2.30. The molecule has 3 nitrogen and oxygen atoms in total. The number of nitrogens with zero attached hydrogens (tertiary/aromatic N) is 1. The molecule has 0 saturated heterocycles. The van der Waals surface area contributed by atoms with Gasteiger partial charge in [-0.3, -0.25) is 0 Å². The highest BCUT2D eigenvalue weighted by atomic mass is 79.9. The van der Waals surface area contributed by atoms with Gasteiger partial charge in [0.2, 0.25) is 0 Å². The number of nitrogen functional groups attached to an aromatic ring is 1. The van der Waals surface area contributed by atoms with Gasteiger partial charge in [0.25, 0.3) is 0 Å². The number of halogens is 1. The molecular weight excluding hydrogens is 278 g/mol. The second kappa shape index (κ2) is 6.84. The Balaban J connectivity index is 2.59. The van der Waals surface area contributed by atoms with E-state index in [-0.39, 0.29) is 0 Å². The Bertz CT molecular complexity index is 366. The van der Waals surface area contributed by atoms with Crippen molar-refractivity contribution in [2.75, 3.05) is 11.1 Å². The van der Waals surface area contributed by atoms with Crippen molar-refractivity contribution in [1.29, 1.82) is 0 Å². The molecule has 1 aromatic heterocycles. The summed E-state index contributed by atoms with van der Waals surface area (Å²) in [5, 5.41) is 3.42. The summed E-state index contributed by atoms with van der Waals surface area (Å²) < 4.78 is 0.972. The van der Waals surface area contributed by atoms with Crippen LogP contribution < -0.4 is 11.1 Å². The number of nitrogens with two attached hydrogens (primary N) is 1. The molecule has 1 atom stereocenters. The largest absolute Gasteiger partial charge is 0.397 e. The molecule has 0 aliphatic heterocycles. The highest BCUT2D eigenvalue weighted by Crippen LogP contribution is 2.28. The van der Waals surface area contributed by atoms with Crippen LogP contribution in [0.2, 0.25) is 0 Å². The SMILES string of the molecule is CCCCCC(C)Nc1ncc(N)c(C)c1Br. The molecule has 3 N–H and O–H groups in total. The summed E-state index contributed by atoms with van der Waals surface area (Å²) in [6, 6.07) is 0.438. The molecule has 0 aromatic carbocycles. The molecular formula is C13H22BrN3. The first kappa shape index (κ1) is 14.3. The first-order valence-electron chi connectivity index (χ1n) is 6.23. The van der Waals surface area contributed by atoms with Crippen molar-refractivity contribution < 1.29 is 0 Å². The van der Waals surface area contributed by atoms with Crippen LogP contribution in [0.5, 0.6) is 0 Å². The second-order valence-corrected chi connectivity index (χ2v) is 5.34. The fraction of sp³-hybridized carbons (Fsp3) is 0.615. The number of anilines is 2. The smallest absolute Gasteiger partial charge is 0.140 e. The monoisotopic (exact) mass is 299 g/mol. The maximum Gasteiger partial charge on any atom is 0.140 e. The summed E-state index contributed by atoms with van der Waals surface area (Å²) in [6.07, 6.45) is 6.69. The van der Waals surface area contributed by atoms with Crippen LogP contribution in [0.1, 0.15) is 45.1 Å². The van der Waals surface area contributed by atoms with Gasteiger partial charge < -0.3 is 11.1 Å². The summed E-state index contributed by atoms with van der Waals surface area (Å²) >= 11 is 3.54. The fourth-order valence-corrected chi connectivity index (χ4v) is 2.14. The van der Waals surface area contributed by atoms with Crippen LogP contribution in [0.4, 0.5) is 11.5 Å². The van der Waals surface area contributed by atoms with E-state index in [1.165, 1.54) is 25.7 Å². The number of nitrogens with one attached hydrogen (secondary N) is 1. The van der Waals surface area contributed by atoms with Gasteiger partial charge in [0, 0.05) is 6.04 Å². The number of hydrogen-bond acceptors (Lipinski definition) is 3. The molecule has 0 aliphatic carbocycles. The van der Waals surface area contributed by atoms with Gasteiger partial charge in [-0.05, 0) is 41.8 Å². The molecule has 17 heavy (non-hydrogen) atoms. The van der Waals surface area contributed by atoms with E-state index in [0.717, 1.165) is 21.5 Å². The maximum atomic E-state index is 5.80. The molecule has 0 aliphatic rings. The van der Waals surface area contributed by atoms with Crippen molar-refractivity contribution >= 4 is 27.4 Å². The lowest BCUT2D eigenvalue weighted by Crippen LogP contribution is -2.16. The molecule has 0 radical (unpaired) electrons. The number of rotatable bonds is 6. The van der Waals surface area contributed by atoms with Crippen molar-refractivity contribution in [2.45, 2.75) is 52.5 Å². The predicted molar refractivity (Wildman–Crippen MR) is 78.3 cm³/mol. The van der Waals surface area contributed by atoms with E-state index >= 15 is 0 Å². The highest BCUT2D eigenvalue weighted by molar-refractivity contribution is 9.10. The van der Waals surface area contributed by atoms with Crippen LogP contribution in [0, 0.1) is 6.92 Å². The Morgan fingerprint density at radius 1 is 1.47 bits per heavy atom. The summed E-state index contributed by atoms with van der Waals surface area (Å²) in [6.45, 7) is 6.41. The summed E-state index contributed by atoms with van der Waals surface area (Å²) in [5.74, 6) is 0.890. The fourth-order valence-electron chi connectivity index (χ4n) is 1.70. The molecule has 0 bridgehead atoms. The van der Waals surface area contributed by atoms with Gasteiger partial charge >= 0.3 is 0 Å². The van der Waals surface area contributed by atoms with Crippen molar-refractivity contribution in [3.8, 4) is 0 Å². The molecule has 1 aromatic rings. The Hall–Kier alpha value is -0.770. The van der Waals surface area contributed by atoms with Gasteiger partial charge in [-0.25, -0.2) is 4.98 Å². The van der Waals surface area contributed by atoms with Crippen molar-refractivity contribution in [1.82, 2.24) is 4.98 Å². The zero-order valence-corrected chi connectivity index (χ0v) is 12.5. The van der Waals surface area contributed by atoms with E-state index in [2.05, 4.69) is 40.1 Å². The lowest BCUT2D eigenvalue weighted by Gasteiger charge is -2.16. The lowest BCUT2D eigenvalue weighted by molar-refractivity contribution is 0.613. The zero-order valence-electron chi connectivity index (χ0n) is 10.9. The molecule has 96 valence electrons. The van der Waals surface area contributed by atoms with E-state index in [1.807, 2.05) is 6.92 Å². The van der Waals surface area contributed by atoms with Gasteiger partial charge in [-0.2, -0.15) is 0 Å². The Morgan fingerprint density at radius 2 is 2.18 bits per heavy atom. The first-order chi connectivity index (χ1) is 8.06. The third kappa shape index (κ3) is 4.19. The Morgan fingerprint density at radius 3 is 2.82 bits per heavy atom. The Labute approximate surface area is 112 Å². The van der Waals surface area contributed by atoms with Gasteiger partial charge in [0.1, 0.15) is 5.82 Å². The van der Waals surface area contributed by atoms with Gasteiger partial charge in [-0.15, -0.1) is 0 Å². The quantitative estimate of drug-likeness (QED) is 0.777. The molecule has 1 heterocycles.